The van der Waals surface area contributed by atoms with Crippen LogP contribution in [0.2, 0.25) is 0 Å². The van der Waals surface area contributed by atoms with E-state index in [9.17, 15) is 4.79 Å². The maximum Gasteiger partial charge on any atom is 0.220 e. The molecule has 4 heteroatoms. The Morgan fingerprint density at radius 1 is 0.731 bits per heavy atom. The molecule has 0 spiro atoms. The van der Waals surface area contributed by atoms with Gasteiger partial charge in [0.25, 0.3) is 0 Å². The van der Waals surface area contributed by atoms with Crippen LogP contribution in [-0.2, 0) is 9.53 Å². The first-order valence-electron chi connectivity index (χ1n) is 11.4. The summed E-state index contributed by atoms with van der Waals surface area (Å²) in [5.74, 6) is 0.165. The van der Waals surface area contributed by atoms with Crippen LogP contribution in [0.5, 0.6) is 0 Å². The highest BCUT2D eigenvalue weighted by Crippen LogP contribution is 2.13. The lowest BCUT2D eigenvalue weighted by molar-refractivity contribution is -0.374. The average Bonchev–Trinajstić information content (AvgIpc) is 2.64. The van der Waals surface area contributed by atoms with Gasteiger partial charge in [-0.15, -0.1) is 0 Å². The summed E-state index contributed by atoms with van der Waals surface area (Å²) in [6, 6.07) is 0. The highest BCUT2D eigenvalue weighted by Gasteiger charge is 2.00. The molecule has 0 heterocycles. The lowest BCUT2D eigenvalue weighted by atomic mass is 10.0. The molecular weight excluding hydrogens is 324 g/mol. The van der Waals surface area contributed by atoms with Gasteiger partial charge < -0.3 is 15.8 Å². The summed E-state index contributed by atoms with van der Waals surface area (Å²) in [6.07, 6.45) is 21.0. The number of rotatable bonds is 21. The average molecular weight is 372 g/mol. The quantitative estimate of drug-likeness (QED) is 0.289. The highest BCUT2D eigenvalue weighted by molar-refractivity contribution is 5.75. The van der Waals surface area contributed by atoms with Crippen molar-refractivity contribution >= 4 is 5.91 Å². The van der Waals surface area contributed by atoms with Crippen molar-refractivity contribution in [2.75, 3.05) is 26.3 Å². The molecule has 0 aromatic carbocycles. The molecule has 4 N–H and O–H groups in total. The van der Waals surface area contributed by atoms with Crippen LogP contribution < -0.4 is 11.1 Å². The summed E-state index contributed by atoms with van der Waals surface area (Å²) < 4.78 is 5.29. The Bertz CT molecular complexity index is 285. The number of hydrogen-bond acceptors (Lipinski definition) is 2. The van der Waals surface area contributed by atoms with Gasteiger partial charge in [0.05, 0.1) is 19.8 Å². The predicted octanol–water partition coefficient (Wildman–Crippen LogP) is 4.62. The van der Waals surface area contributed by atoms with Gasteiger partial charge in [0.2, 0.25) is 5.91 Å². The summed E-state index contributed by atoms with van der Waals surface area (Å²) in [4.78, 5) is 11.6. The van der Waals surface area contributed by atoms with Gasteiger partial charge in [-0.25, -0.2) is 0 Å². The van der Waals surface area contributed by atoms with Gasteiger partial charge in [-0.2, -0.15) is 0 Å². The van der Waals surface area contributed by atoms with E-state index in [4.69, 9.17) is 4.74 Å². The van der Waals surface area contributed by atoms with Crippen LogP contribution >= 0.6 is 0 Å². The van der Waals surface area contributed by atoms with Crippen molar-refractivity contribution in [1.82, 2.24) is 5.32 Å². The van der Waals surface area contributed by atoms with E-state index < -0.39 is 0 Å². The van der Waals surface area contributed by atoms with Crippen LogP contribution in [0, 0.1) is 0 Å². The fraction of sp³-hybridized carbons (Fsp3) is 0.955. The fourth-order valence-electron chi connectivity index (χ4n) is 3.21. The largest absolute Gasteiger partial charge is 0.374 e. The second kappa shape index (κ2) is 22.4. The summed E-state index contributed by atoms with van der Waals surface area (Å²) >= 11 is 0. The number of unbranched alkanes of at least 4 members (excludes halogenated alkanes) is 14. The standard InChI is InChI=1S/C22H46N2O2/c1-2-3-4-5-6-7-8-9-10-11-12-13-14-15-16-17-22(25)24-19-21-26-20-18-23/h2-21,23H2,1H3,(H,24,25)/p+1. The molecule has 0 fully saturated rings. The molecule has 0 aliphatic carbocycles. The SMILES string of the molecule is CCCCCCCCCCCCCCCCCC(=O)NCCOCC[NH3+]. The summed E-state index contributed by atoms with van der Waals surface area (Å²) in [6.45, 7) is 4.96. The van der Waals surface area contributed by atoms with E-state index in [1.807, 2.05) is 0 Å². The molecule has 0 saturated carbocycles. The number of carbonyl (C=O) groups excluding carboxylic acids is 1. The maximum atomic E-state index is 11.6. The van der Waals surface area contributed by atoms with Crippen molar-refractivity contribution in [1.29, 1.82) is 0 Å². The number of nitrogens with one attached hydrogen (secondary N) is 1. The van der Waals surface area contributed by atoms with Crippen LogP contribution in [0.1, 0.15) is 110 Å². The van der Waals surface area contributed by atoms with E-state index in [2.05, 4.69) is 18.0 Å². The minimum Gasteiger partial charge on any atom is -0.374 e. The number of amides is 1. The third-order valence-electron chi connectivity index (χ3n) is 4.86. The van der Waals surface area contributed by atoms with Gasteiger partial charge >= 0.3 is 0 Å². The third-order valence-corrected chi connectivity index (χ3v) is 4.86. The molecule has 26 heavy (non-hydrogen) atoms. The number of hydrogen-bond donors (Lipinski definition) is 2. The molecule has 0 rings (SSSR count). The molecule has 0 aliphatic heterocycles. The van der Waals surface area contributed by atoms with Crippen LogP contribution in [-0.4, -0.2) is 32.2 Å². The molecule has 0 aromatic rings. The lowest BCUT2D eigenvalue weighted by Crippen LogP contribution is -2.52. The molecule has 4 nitrogen and oxygen atoms in total. The summed E-state index contributed by atoms with van der Waals surface area (Å²) in [7, 11) is 0. The third kappa shape index (κ3) is 21.4. The second-order valence-electron chi connectivity index (χ2n) is 7.52. The Labute approximate surface area is 163 Å². The van der Waals surface area contributed by atoms with Gasteiger partial charge in [0, 0.05) is 13.0 Å². The fourth-order valence-corrected chi connectivity index (χ4v) is 3.21. The van der Waals surface area contributed by atoms with Crippen LogP contribution in [0.3, 0.4) is 0 Å². The molecule has 0 aliphatic rings. The van der Waals surface area contributed by atoms with Gasteiger partial charge in [0.1, 0.15) is 0 Å². The molecule has 0 aromatic heterocycles. The molecule has 0 atom stereocenters. The number of ether oxygens (including phenoxy) is 1. The predicted molar refractivity (Wildman–Crippen MR) is 111 cm³/mol. The first kappa shape index (κ1) is 25.4. The maximum absolute atomic E-state index is 11.6. The topological polar surface area (TPSA) is 66.0 Å². The van der Waals surface area contributed by atoms with Crippen LogP contribution in [0.25, 0.3) is 0 Å². The zero-order valence-corrected chi connectivity index (χ0v) is 17.7. The normalized spacial score (nSPS) is 11.0. The van der Waals surface area contributed by atoms with Crippen molar-refractivity contribution < 1.29 is 15.3 Å². The zero-order chi connectivity index (χ0) is 19.1. The van der Waals surface area contributed by atoms with Gasteiger partial charge in [0.15, 0.2) is 0 Å². The molecule has 1 amide bonds. The molecule has 0 bridgehead atoms. The van der Waals surface area contributed by atoms with Crippen LogP contribution in [0.15, 0.2) is 0 Å². The second-order valence-corrected chi connectivity index (χ2v) is 7.52. The van der Waals surface area contributed by atoms with Crippen molar-refractivity contribution in [3.63, 3.8) is 0 Å². The first-order chi connectivity index (χ1) is 12.8. The van der Waals surface area contributed by atoms with E-state index in [1.54, 1.807) is 0 Å². The zero-order valence-electron chi connectivity index (χ0n) is 17.7. The van der Waals surface area contributed by atoms with E-state index in [1.165, 1.54) is 89.9 Å². The Kier molecular flexibility index (Phi) is 21.9. The van der Waals surface area contributed by atoms with Gasteiger partial charge in [-0.3, -0.25) is 4.79 Å². The molecule has 156 valence electrons. The first-order valence-corrected chi connectivity index (χ1v) is 11.4. The Balaban J connectivity index is 3.09. The monoisotopic (exact) mass is 371 g/mol. The molecular formula is C22H47N2O2+. The molecule has 0 unspecified atom stereocenters. The van der Waals surface area contributed by atoms with E-state index in [-0.39, 0.29) is 5.91 Å². The Morgan fingerprint density at radius 3 is 1.65 bits per heavy atom. The van der Waals surface area contributed by atoms with Crippen molar-refractivity contribution in [2.45, 2.75) is 110 Å². The Morgan fingerprint density at radius 2 is 1.19 bits per heavy atom. The summed E-state index contributed by atoms with van der Waals surface area (Å²) in [5.41, 5.74) is 3.71. The van der Waals surface area contributed by atoms with E-state index in [0.717, 1.165) is 13.0 Å². The van der Waals surface area contributed by atoms with Gasteiger partial charge in [-0.1, -0.05) is 96.8 Å². The lowest BCUT2D eigenvalue weighted by Gasteiger charge is -2.05. The smallest absolute Gasteiger partial charge is 0.220 e. The van der Waals surface area contributed by atoms with Gasteiger partial charge in [-0.05, 0) is 6.42 Å². The Hall–Kier alpha value is -0.610. The summed E-state index contributed by atoms with van der Waals surface area (Å²) in [5, 5.41) is 2.91. The van der Waals surface area contributed by atoms with E-state index >= 15 is 0 Å². The molecule has 0 radical (unpaired) electrons. The number of carbonyl (C=O) groups is 1. The van der Waals surface area contributed by atoms with Crippen LogP contribution in [0.4, 0.5) is 0 Å². The van der Waals surface area contributed by atoms with Crippen molar-refractivity contribution in [3.05, 3.63) is 0 Å². The minimum absolute atomic E-state index is 0.165. The van der Waals surface area contributed by atoms with E-state index in [0.29, 0.717) is 26.2 Å². The number of quaternary nitrogens is 1. The molecule has 0 saturated heterocycles. The minimum atomic E-state index is 0.165. The van der Waals surface area contributed by atoms with Crippen molar-refractivity contribution in [3.8, 4) is 0 Å². The van der Waals surface area contributed by atoms with Crippen molar-refractivity contribution in [2.24, 2.45) is 0 Å². The highest BCUT2D eigenvalue weighted by atomic mass is 16.5.